The highest BCUT2D eigenvalue weighted by molar-refractivity contribution is 5.85. The number of phenolic OH excluding ortho intramolecular Hbond substituents is 2. The van der Waals surface area contributed by atoms with Crippen LogP contribution in [0.1, 0.15) is 0 Å². The predicted molar refractivity (Wildman–Crippen MR) is 64.0 cm³/mol. The van der Waals surface area contributed by atoms with Crippen LogP contribution in [-0.4, -0.2) is 10.2 Å². The molecule has 2 aromatic carbocycles. The van der Waals surface area contributed by atoms with Gasteiger partial charge in [0.2, 0.25) is 0 Å². The summed E-state index contributed by atoms with van der Waals surface area (Å²) in [6.07, 6.45) is 0. The molecular weight excluding hydrogens is 204 g/mol. The van der Waals surface area contributed by atoms with Crippen molar-refractivity contribution in [2.75, 3.05) is 11.5 Å². The minimum absolute atomic E-state index is 0.110. The van der Waals surface area contributed by atoms with Crippen LogP contribution >= 0.6 is 0 Å². The molecule has 0 aliphatic carbocycles. The maximum absolute atomic E-state index is 9.25. The van der Waals surface area contributed by atoms with E-state index >= 15 is 0 Å². The van der Waals surface area contributed by atoms with Crippen molar-refractivity contribution < 1.29 is 10.2 Å². The Balaban J connectivity index is 2.59. The standard InChI is InChI=1S/C12H12N2O2/c13-11-5-7(15)1-3-9(11)10-4-2-8(16)6-12(10)14/h1-6,15-16H,13-14H2. The predicted octanol–water partition coefficient (Wildman–Crippen LogP) is 1.93. The molecule has 0 amide bonds. The molecule has 0 saturated heterocycles. The maximum Gasteiger partial charge on any atom is 0.117 e. The van der Waals surface area contributed by atoms with Gasteiger partial charge in [0.25, 0.3) is 0 Å². The van der Waals surface area contributed by atoms with Crippen molar-refractivity contribution in [3.05, 3.63) is 36.4 Å². The summed E-state index contributed by atoms with van der Waals surface area (Å²) in [7, 11) is 0. The fourth-order valence-corrected chi connectivity index (χ4v) is 1.59. The van der Waals surface area contributed by atoms with Crippen LogP contribution in [0.2, 0.25) is 0 Å². The molecule has 0 aliphatic heterocycles. The van der Waals surface area contributed by atoms with Gasteiger partial charge in [-0.15, -0.1) is 0 Å². The third-order valence-electron chi connectivity index (χ3n) is 2.36. The Kier molecular flexibility index (Phi) is 2.32. The van der Waals surface area contributed by atoms with E-state index in [1.165, 1.54) is 24.3 Å². The van der Waals surface area contributed by atoms with E-state index in [9.17, 15) is 10.2 Å². The average Bonchev–Trinajstić information content (AvgIpc) is 2.19. The fraction of sp³-hybridized carbons (Fsp3) is 0. The third kappa shape index (κ3) is 1.72. The Bertz CT molecular complexity index is 489. The Hall–Kier alpha value is -2.36. The molecular formula is C12H12N2O2. The Morgan fingerprint density at radius 3 is 1.38 bits per heavy atom. The van der Waals surface area contributed by atoms with Crippen LogP contribution < -0.4 is 11.5 Å². The molecule has 2 aromatic rings. The topological polar surface area (TPSA) is 92.5 Å². The molecule has 0 aliphatic rings. The van der Waals surface area contributed by atoms with Crippen LogP contribution in [-0.2, 0) is 0 Å². The van der Waals surface area contributed by atoms with Crippen LogP contribution in [0.4, 0.5) is 11.4 Å². The fourth-order valence-electron chi connectivity index (χ4n) is 1.59. The molecule has 0 atom stereocenters. The number of benzene rings is 2. The lowest BCUT2D eigenvalue weighted by Crippen LogP contribution is -1.94. The van der Waals surface area contributed by atoms with Crippen molar-refractivity contribution in [1.29, 1.82) is 0 Å². The van der Waals surface area contributed by atoms with Crippen molar-refractivity contribution in [2.45, 2.75) is 0 Å². The largest absolute Gasteiger partial charge is 0.508 e. The highest BCUT2D eigenvalue weighted by Crippen LogP contribution is 2.34. The van der Waals surface area contributed by atoms with Gasteiger partial charge >= 0.3 is 0 Å². The minimum Gasteiger partial charge on any atom is -0.508 e. The molecule has 0 aromatic heterocycles. The number of hydrogen-bond acceptors (Lipinski definition) is 4. The SMILES string of the molecule is Nc1cc(O)ccc1-c1ccc(O)cc1N. The van der Waals surface area contributed by atoms with Gasteiger partial charge in [0.05, 0.1) is 0 Å². The van der Waals surface area contributed by atoms with E-state index in [1.807, 2.05) is 0 Å². The Morgan fingerprint density at radius 2 is 1.06 bits per heavy atom. The summed E-state index contributed by atoms with van der Waals surface area (Å²) in [4.78, 5) is 0. The van der Waals surface area contributed by atoms with Crippen LogP contribution in [0.5, 0.6) is 11.5 Å². The van der Waals surface area contributed by atoms with E-state index in [0.29, 0.717) is 11.4 Å². The highest BCUT2D eigenvalue weighted by atomic mass is 16.3. The summed E-state index contributed by atoms with van der Waals surface area (Å²) in [6.45, 7) is 0. The molecule has 0 spiro atoms. The summed E-state index contributed by atoms with van der Waals surface area (Å²) in [5.41, 5.74) is 13.9. The number of nitrogens with two attached hydrogens (primary N) is 2. The molecule has 0 unspecified atom stereocenters. The smallest absolute Gasteiger partial charge is 0.117 e. The highest BCUT2D eigenvalue weighted by Gasteiger charge is 2.07. The second kappa shape index (κ2) is 3.66. The number of phenols is 2. The van der Waals surface area contributed by atoms with Gasteiger partial charge in [-0.25, -0.2) is 0 Å². The lowest BCUT2D eigenvalue weighted by atomic mass is 10.0. The zero-order valence-electron chi connectivity index (χ0n) is 8.51. The van der Waals surface area contributed by atoms with Gasteiger partial charge in [0, 0.05) is 34.6 Å². The first-order valence-electron chi connectivity index (χ1n) is 4.75. The van der Waals surface area contributed by atoms with Crippen molar-refractivity contribution in [3.8, 4) is 22.6 Å². The van der Waals surface area contributed by atoms with Crippen LogP contribution in [0.15, 0.2) is 36.4 Å². The molecule has 0 fully saturated rings. The number of rotatable bonds is 1. The van der Waals surface area contributed by atoms with Gasteiger partial charge in [-0.1, -0.05) is 0 Å². The van der Waals surface area contributed by atoms with Crippen molar-refractivity contribution in [1.82, 2.24) is 0 Å². The monoisotopic (exact) mass is 216 g/mol. The number of nitrogen functional groups attached to an aromatic ring is 2. The van der Waals surface area contributed by atoms with Gasteiger partial charge < -0.3 is 21.7 Å². The molecule has 16 heavy (non-hydrogen) atoms. The Morgan fingerprint density at radius 1 is 0.688 bits per heavy atom. The summed E-state index contributed by atoms with van der Waals surface area (Å²) >= 11 is 0. The number of anilines is 2. The summed E-state index contributed by atoms with van der Waals surface area (Å²) in [6, 6.07) is 9.38. The quantitative estimate of drug-likeness (QED) is 0.548. The van der Waals surface area contributed by atoms with E-state index in [0.717, 1.165) is 11.1 Å². The van der Waals surface area contributed by atoms with Crippen LogP contribution in [0.3, 0.4) is 0 Å². The van der Waals surface area contributed by atoms with Gasteiger partial charge in [-0.05, 0) is 24.3 Å². The lowest BCUT2D eigenvalue weighted by Gasteiger charge is -2.09. The molecule has 0 heterocycles. The molecule has 4 heteroatoms. The first-order chi connectivity index (χ1) is 7.58. The Labute approximate surface area is 92.8 Å². The van der Waals surface area contributed by atoms with Crippen LogP contribution in [0.25, 0.3) is 11.1 Å². The molecule has 0 saturated carbocycles. The van der Waals surface area contributed by atoms with Crippen LogP contribution in [0, 0.1) is 0 Å². The number of hydrogen-bond donors (Lipinski definition) is 4. The maximum atomic E-state index is 9.25. The van der Waals surface area contributed by atoms with E-state index in [-0.39, 0.29) is 11.5 Å². The zero-order valence-corrected chi connectivity index (χ0v) is 8.51. The first-order valence-corrected chi connectivity index (χ1v) is 4.75. The number of aromatic hydroxyl groups is 2. The first kappa shape index (κ1) is 10.2. The summed E-state index contributed by atoms with van der Waals surface area (Å²) < 4.78 is 0. The normalized spacial score (nSPS) is 10.2. The van der Waals surface area contributed by atoms with Gasteiger partial charge in [-0.3, -0.25) is 0 Å². The van der Waals surface area contributed by atoms with Crippen molar-refractivity contribution >= 4 is 11.4 Å². The minimum atomic E-state index is 0.110. The van der Waals surface area contributed by atoms with Gasteiger partial charge in [-0.2, -0.15) is 0 Å². The van der Waals surface area contributed by atoms with E-state index < -0.39 is 0 Å². The van der Waals surface area contributed by atoms with E-state index in [4.69, 9.17) is 11.5 Å². The van der Waals surface area contributed by atoms with E-state index in [2.05, 4.69) is 0 Å². The summed E-state index contributed by atoms with van der Waals surface area (Å²) in [5.74, 6) is 0.220. The molecule has 6 N–H and O–H groups in total. The second-order valence-electron chi connectivity index (χ2n) is 3.54. The molecule has 4 nitrogen and oxygen atoms in total. The second-order valence-corrected chi connectivity index (χ2v) is 3.54. The zero-order chi connectivity index (χ0) is 11.7. The van der Waals surface area contributed by atoms with Gasteiger partial charge in [0.15, 0.2) is 0 Å². The lowest BCUT2D eigenvalue weighted by molar-refractivity contribution is 0.475. The van der Waals surface area contributed by atoms with Crippen molar-refractivity contribution in [3.63, 3.8) is 0 Å². The van der Waals surface area contributed by atoms with Gasteiger partial charge in [0.1, 0.15) is 11.5 Å². The molecule has 0 radical (unpaired) electrons. The molecule has 0 bridgehead atoms. The molecule has 82 valence electrons. The molecule has 2 rings (SSSR count). The van der Waals surface area contributed by atoms with Crippen molar-refractivity contribution in [2.24, 2.45) is 0 Å². The average molecular weight is 216 g/mol. The third-order valence-corrected chi connectivity index (χ3v) is 2.36. The summed E-state index contributed by atoms with van der Waals surface area (Å²) in [5, 5.41) is 18.5. The van der Waals surface area contributed by atoms with E-state index in [1.54, 1.807) is 12.1 Å².